The molecule has 1 aromatic carbocycles. The highest BCUT2D eigenvalue weighted by atomic mass is 35.5. The molecule has 0 aliphatic carbocycles. The van der Waals surface area contributed by atoms with Crippen molar-refractivity contribution in [3.63, 3.8) is 0 Å². The maximum atomic E-state index is 11.5. The van der Waals surface area contributed by atoms with Gasteiger partial charge >= 0.3 is 7.12 Å². The lowest BCUT2D eigenvalue weighted by Crippen LogP contribution is -2.41. The molecule has 0 spiro atoms. The van der Waals surface area contributed by atoms with E-state index in [0.29, 0.717) is 22.3 Å². The van der Waals surface area contributed by atoms with Crippen LogP contribution in [0.3, 0.4) is 0 Å². The molecule has 1 aromatic rings. The van der Waals surface area contributed by atoms with Crippen LogP contribution in [0.15, 0.2) is 17.6 Å². The molecule has 5 nitrogen and oxygen atoms in total. The standard InChI is InChI=1S/C18H22BClO5S/c1-11(21)26-9-13(19-24-17(2,3)18(4,5)25-19)6-12-7-15-16(8-14(12)20)23-10-22-15/h6-8H,9-10H2,1-5H3. The van der Waals surface area contributed by atoms with E-state index in [0.717, 1.165) is 11.0 Å². The zero-order valence-electron chi connectivity index (χ0n) is 15.6. The summed E-state index contributed by atoms with van der Waals surface area (Å²) in [6.07, 6.45) is 1.91. The first-order valence-electron chi connectivity index (χ1n) is 8.38. The molecule has 8 heteroatoms. The number of rotatable bonds is 4. The van der Waals surface area contributed by atoms with E-state index in [1.54, 1.807) is 13.0 Å². The Hall–Kier alpha value is -1.15. The Kier molecular flexibility index (Phi) is 5.37. The third-order valence-electron chi connectivity index (χ3n) is 4.83. The summed E-state index contributed by atoms with van der Waals surface area (Å²) in [5.74, 6) is 1.73. The van der Waals surface area contributed by atoms with E-state index < -0.39 is 18.3 Å². The molecule has 0 amide bonds. The van der Waals surface area contributed by atoms with Gasteiger partial charge in [-0.05, 0) is 44.8 Å². The van der Waals surface area contributed by atoms with Gasteiger partial charge in [-0.25, -0.2) is 0 Å². The Morgan fingerprint density at radius 3 is 2.35 bits per heavy atom. The van der Waals surface area contributed by atoms with E-state index in [2.05, 4.69) is 0 Å². The van der Waals surface area contributed by atoms with Crippen molar-refractivity contribution in [1.29, 1.82) is 0 Å². The number of thioether (sulfide) groups is 1. The second kappa shape index (κ2) is 7.11. The maximum absolute atomic E-state index is 11.5. The second-order valence-corrected chi connectivity index (χ2v) is 8.87. The fraction of sp³-hybridized carbons (Fsp3) is 0.500. The van der Waals surface area contributed by atoms with Gasteiger partial charge in [0.2, 0.25) is 6.79 Å². The van der Waals surface area contributed by atoms with Crippen LogP contribution in [0.1, 0.15) is 40.2 Å². The fourth-order valence-electron chi connectivity index (χ4n) is 2.60. The van der Waals surface area contributed by atoms with E-state index in [4.69, 9.17) is 30.4 Å². The van der Waals surface area contributed by atoms with Crippen LogP contribution < -0.4 is 9.47 Å². The van der Waals surface area contributed by atoms with E-state index in [-0.39, 0.29) is 11.9 Å². The lowest BCUT2D eigenvalue weighted by molar-refractivity contribution is -0.109. The minimum Gasteiger partial charge on any atom is -0.454 e. The number of carbonyl (C=O) groups excluding carboxylic acids is 1. The molecule has 2 aliphatic heterocycles. The predicted octanol–water partition coefficient (Wildman–Crippen LogP) is 4.36. The van der Waals surface area contributed by atoms with Crippen LogP contribution in [0, 0.1) is 0 Å². The normalized spacial score (nSPS) is 20.5. The minimum atomic E-state index is -0.548. The molecule has 0 radical (unpaired) electrons. The van der Waals surface area contributed by atoms with Gasteiger partial charge in [0, 0.05) is 18.7 Å². The van der Waals surface area contributed by atoms with Crippen molar-refractivity contribution in [2.24, 2.45) is 0 Å². The van der Waals surface area contributed by atoms with E-state index in [1.165, 1.54) is 11.8 Å². The molecule has 3 rings (SSSR count). The van der Waals surface area contributed by atoms with Gasteiger partial charge in [0.15, 0.2) is 16.6 Å². The average Bonchev–Trinajstić information content (AvgIpc) is 3.04. The quantitative estimate of drug-likeness (QED) is 0.705. The summed E-state index contributed by atoms with van der Waals surface area (Å²) in [5, 5.41) is 0.570. The Labute approximate surface area is 163 Å². The monoisotopic (exact) mass is 396 g/mol. The van der Waals surface area contributed by atoms with Gasteiger partial charge in [-0.2, -0.15) is 0 Å². The molecule has 0 atom stereocenters. The van der Waals surface area contributed by atoms with Crippen molar-refractivity contribution in [2.75, 3.05) is 12.5 Å². The number of benzene rings is 1. The summed E-state index contributed by atoms with van der Waals surface area (Å²) in [4.78, 5) is 11.5. The lowest BCUT2D eigenvalue weighted by atomic mass is 9.78. The SMILES string of the molecule is CC(=O)SCC(=Cc1cc2c(cc1Cl)OCO2)B1OC(C)(C)C(C)(C)O1. The summed E-state index contributed by atoms with van der Waals surface area (Å²) >= 11 is 7.61. The van der Waals surface area contributed by atoms with Gasteiger partial charge in [0.05, 0.1) is 16.2 Å². The molecule has 26 heavy (non-hydrogen) atoms. The topological polar surface area (TPSA) is 54.0 Å². The van der Waals surface area contributed by atoms with Gasteiger partial charge in [-0.3, -0.25) is 4.79 Å². The van der Waals surface area contributed by atoms with Crippen molar-refractivity contribution >= 4 is 41.7 Å². The first-order chi connectivity index (χ1) is 12.1. The zero-order chi connectivity index (χ0) is 19.1. The first-order valence-corrected chi connectivity index (χ1v) is 9.74. The largest absolute Gasteiger partial charge is 0.491 e. The van der Waals surface area contributed by atoms with Crippen LogP contribution >= 0.6 is 23.4 Å². The van der Waals surface area contributed by atoms with Crippen molar-refractivity contribution in [3.05, 3.63) is 28.2 Å². The lowest BCUT2D eigenvalue weighted by Gasteiger charge is -2.32. The third-order valence-corrected chi connectivity index (χ3v) is 6.04. The van der Waals surface area contributed by atoms with Crippen LogP contribution in [0.4, 0.5) is 0 Å². The second-order valence-electron chi connectivity index (χ2n) is 7.31. The van der Waals surface area contributed by atoms with Crippen LogP contribution in [-0.4, -0.2) is 36.0 Å². The minimum absolute atomic E-state index is 0.0317. The molecule has 1 fully saturated rings. The maximum Gasteiger partial charge on any atom is 0.491 e. The van der Waals surface area contributed by atoms with Crippen LogP contribution in [0.25, 0.3) is 6.08 Å². The van der Waals surface area contributed by atoms with Crippen molar-refractivity contribution in [2.45, 2.75) is 45.8 Å². The van der Waals surface area contributed by atoms with E-state index >= 15 is 0 Å². The van der Waals surface area contributed by atoms with Crippen LogP contribution in [-0.2, 0) is 14.1 Å². The highest BCUT2D eigenvalue weighted by Gasteiger charge is 2.52. The summed E-state index contributed by atoms with van der Waals surface area (Å²) < 4.78 is 23.1. The van der Waals surface area contributed by atoms with E-state index in [9.17, 15) is 4.79 Å². The van der Waals surface area contributed by atoms with Gasteiger partial charge in [-0.1, -0.05) is 29.4 Å². The molecule has 0 unspecified atom stereocenters. The van der Waals surface area contributed by atoms with Gasteiger partial charge in [0.1, 0.15) is 0 Å². The molecule has 2 heterocycles. The Bertz CT molecular complexity index is 746. The smallest absolute Gasteiger partial charge is 0.454 e. The Morgan fingerprint density at radius 2 is 1.77 bits per heavy atom. The van der Waals surface area contributed by atoms with E-state index in [1.807, 2.05) is 39.8 Å². The summed E-state index contributed by atoms with van der Waals surface area (Å²) in [7, 11) is -0.548. The van der Waals surface area contributed by atoms with Crippen LogP contribution in [0.2, 0.25) is 5.02 Å². The highest BCUT2D eigenvalue weighted by Crippen LogP contribution is 2.41. The molecule has 0 aromatic heterocycles. The molecule has 2 aliphatic rings. The number of ether oxygens (including phenoxy) is 2. The van der Waals surface area contributed by atoms with Crippen LogP contribution in [0.5, 0.6) is 11.5 Å². The summed E-state index contributed by atoms with van der Waals surface area (Å²) in [6.45, 7) is 9.71. The number of hydrogen-bond donors (Lipinski definition) is 0. The first kappa shape index (κ1) is 19.6. The molecular weight excluding hydrogens is 375 g/mol. The van der Waals surface area contributed by atoms with Gasteiger partial charge in [0.25, 0.3) is 0 Å². The third kappa shape index (κ3) is 3.91. The highest BCUT2D eigenvalue weighted by molar-refractivity contribution is 8.13. The molecule has 0 saturated carbocycles. The summed E-state index contributed by atoms with van der Waals surface area (Å²) in [6, 6.07) is 3.56. The number of hydrogen-bond acceptors (Lipinski definition) is 6. The molecule has 140 valence electrons. The number of fused-ring (bicyclic) bond motifs is 1. The fourth-order valence-corrected chi connectivity index (χ4v) is 3.40. The molecular formula is C18H22BClO5S. The Morgan fingerprint density at radius 1 is 1.19 bits per heavy atom. The van der Waals surface area contributed by atoms with Gasteiger partial charge < -0.3 is 18.8 Å². The average molecular weight is 397 g/mol. The van der Waals surface area contributed by atoms with Crippen molar-refractivity contribution in [3.8, 4) is 11.5 Å². The number of carbonyl (C=O) groups is 1. The Balaban J connectivity index is 1.94. The van der Waals surface area contributed by atoms with Crippen molar-refractivity contribution < 1.29 is 23.6 Å². The molecule has 1 saturated heterocycles. The zero-order valence-corrected chi connectivity index (χ0v) is 17.1. The molecule has 0 N–H and O–H groups in total. The van der Waals surface area contributed by atoms with Crippen molar-refractivity contribution in [1.82, 2.24) is 0 Å². The number of halogens is 1. The van der Waals surface area contributed by atoms with Gasteiger partial charge in [-0.15, -0.1) is 0 Å². The predicted molar refractivity (Wildman–Crippen MR) is 105 cm³/mol. The molecule has 0 bridgehead atoms. The summed E-state index contributed by atoms with van der Waals surface area (Å²) in [5.41, 5.74) is 0.682.